The summed E-state index contributed by atoms with van der Waals surface area (Å²) in [6.45, 7) is 0. The highest BCUT2D eigenvalue weighted by Crippen LogP contribution is 2.34. The Kier molecular flexibility index (Phi) is 3.78. The van der Waals surface area contributed by atoms with Gasteiger partial charge in [-0.2, -0.15) is 5.10 Å². The molecule has 1 unspecified atom stereocenters. The van der Waals surface area contributed by atoms with E-state index in [2.05, 4.69) is 41.5 Å². The molecule has 0 aliphatic heterocycles. The van der Waals surface area contributed by atoms with Gasteiger partial charge in [-0.05, 0) is 42.7 Å². The lowest BCUT2D eigenvalue weighted by Crippen LogP contribution is -2.20. The number of nitrogens with one attached hydrogen (secondary N) is 3. The average Bonchev–Trinajstić information content (AvgIpc) is 3.40. The molecule has 148 valence electrons. The zero-order valence-corrected chi connectivity index (χ0v) is 16.0. The second kappa shape index (κ2) is 6.64. The van der Waals surface area contributed by atoms with Crippen molar-refractivity contribution in [1.82, 2.24) is 30.1 Å². The van der Waals surface area contributed by atoms with Gasteiger partial charge in [-0.25, -0.2) is 4.98 Å². The monoisotopic (exact) mass is 397 g/mol. The van der Waals surface area contributed by atoms with E-state index >= 15 is 0 Å². The minimum absolute atomic E-state index is 0.345. The summed E-state index contributed by atoms with van der Waals surface area (Å²) in [5.41, 5.74) is 6.20. The molecule has 8 heteroatoms. The van der Waals surface area contributed by atoms with E-state index in [1.54, 1.807) is 18.6 Å². The predicted octanol–water partition coefficient (Wildman–Crippen LogP) is 3.70. The van der Waals surface area contributed by atoms with Crippen LogP contribution in [0.4, 0.5) is 5.69 Å². The highest BCUT2D eigenvalue weighted by Gasteiger charge is 2.29. The zero-order valence-electron chi connectivity index (χ0n) is 16.0. The quantitative estimate of drug-likeness (QED) is 0.336. The summed E-state index contributed by atoms with van der Waals surface area (Å²) in [6.07, 6.45) is 8.65. The van der Waals surface area contributed by atoms with Gasteiger partial charge in [-0.15, -0.1) is 0 Å². The third-order valence-corrected chi connectivity index (χ3v) is 5.53. The fraction of sp³-hybridized carbons (Fsp3) is 0.182. The van der Waals surface area contributed by atoms with Crippen LogP contribution < -0.4 is 5.32 Å². The largest absolute Gasteiger partial charge is 0.374 e. The molecule has 8 nitrogen and oxygen atoms in total. The lowest BCUT2D eigenvalue weighted by Gasteiger charge is -2.13. The van der Waals surface area contributed by atoms with Crippen LogP contribution in [0, 0.1) is 5.92 Å². The summed E-state index contributed by atoms with van der Waals surface area (Å²) in [7, 11) is 0. The molecule has 6 rings (SSSR count). The lowest BCUT2D eigenvalue weighted by molar-refractivity contribution is 0.180. The first-order chi connectivity index (χ1) is 14.7. The summed E-state index contributed by atoms with van der Waals surface area (Å²) in [5, 5.41) is 21.9. The zero-order chi connectivity index (χ0) is 20.1. The summed E-state index contributed by atoms with van der Waals surface area (Å²) >= 11 is 0. The van der Waals surface area contributed by atoms with E-state index in [-0.39, 0.29) is 0 Å². The molecule has 4 aromatic heterocycles. The third-order valence-electron chi connectivity index (χ3n) is 5.53. The van der Waals surface area contributed by atoms with Crippen LogP contribution in [0.15, 0.2) is 55.1 Å². The topological polar surface area (TPSA) is 115 Å². The van der Waals surface area contributed by atoms with Crippen molar-refractivity contribution in [3.63, 3.8) is 0 Å². The summed E-state index contributed by atoms with van der Waals surface area (Å²) < 4.78 is 0. The molecule has 1 aliphatic rings. The van der Waals surface area contributed by atoms with Gasteiger partial charge in [-0.3, -0.25) is 15.1 Å². The Balaban J connectivity index is 1.39. The number of anilines is 1. The van der Waals surface area contributed by atoms with E-state index in [9.17, 15) is 5.11 Å². The van der Waals surface area contributed by atoms with Crippen LogP contribution in [-0.2, 0) is 0 Å². The average molecular weight is 397 g/mol. The molecular formula is C22H19N7O. The summed E-state index contributed by atoms with van der Waals surface area (Å²) in [6, 6.07) is 10.00. The number of pyridine rings is 2. The Morgan fingerprint density at radius 2 is 1.93 bits per heavy atom. The third kappa shape index (κ3) is 2.98. The maximum Gasteiger partial charge on any atom is 0.159 e. The second-order valence-electron chi connectivity index (χ2n) is 7.70. The van der Waals surface area contributed by atoms with Crippen LogP contribution >= 0.6 is 0 Å². The molecular weight excluding hydrogens is 378 g/mol. The van der Waals surface area contributed by atoms with E-state index in [0.29, 0.717) is 11.7 Å². The van der Waals surface area contributed by atoms with Gasteiger partial charge in [0.2, 0.25) is 0 Å². The molecule has 1 aromatic carbocycles. The first-order valence-corrected chi connectivity index (χ1v) is 9.93. The fourth-order valence-corrected chi connectivity index (χ4v) is 3.72. The van der Waals surface area contributed by atoms with Crippen molar-refractivity contribution >= 4 is 27.6 Å². The van der Waals surface area contributed by atoms with Crippen LogP contribution in [0.3, 0.4) is 0 Å². The summed E-state index contributed by atoms with van der Waals surface area (Å²) in [4.78, 5) is 16.4. The van der Waals surface area contributed by atoms with Gasteiger partial charge < -0.3 is 15.4 Å². The highest BCUT2D eigenvalue weighted by atomic mass is 16.3. The number of nitrogens with zero attached hydrogens (tertiary/aromatic N) is 4. The molecule has 1 atom stereocenters. The number of fused-ring (bicyclic) bond motifs is 2. The van der Waals surface area contributed by atoms with Crippen molar-refractivity contribution in [3.05, 3.63) is 55.1 Å². The van der Waals surface area contributed by atoms with E-state index < -0.39 is 6.23 Å². The maximum absolute atomic E-state index is 10.2. The van der Waals surface area contributed by atoms with E-state index in [0.717, 1.165) is 57.3 Å². The minimum Gasteiger partial charge on any atom is -0.374 e. The highest BCUT2D eigenvalue weighted by molar-refractivity contribution is 5.95. The smallest absolute Gasteiger partial charge is 0.159 e. The Morgan fingerprint density at radius 1 is 1.00 bits per heavy atom. The van der Waals surface area contributed by atoms with E-state index in [1.807, 2.05) is 30.5 Å². The van der Waals surface area contributed by atoms with Crippen molar-refractivity contribution in [2.45, 2.75) is 19.1 Å². The molecule has 0 radical (unpaired) electrons. The van der Waals surface area contributed by atoms with Crippen molar-refractivity contribution < 1.29 is 5.11 Å². The number of aliphatic hydroxyl groups excluding tert-OH is 1. The normalized spacial score (nSPS) is 15.0. The maximum atomic E-state index is 10.2. The first kappa shape index (κ1) is 17.1. The van der Waals surface area contributed by atoms with Crippen LogP contribution in [-0.4, -0.2) is 41.5 Å². The van der Waals surface area contributed by atoms with Crippen molar-refractivity contribution in [3.8, 4) is 22.6 Å². The molecule has 0 saturated heterocycles. The molecule has 0 amide bonds. The number of hydrogen-bond acceptors (Lipinski definition) is 6. The van der Waals surface area contributed by atoms with Gasteiger partial charge >= 0.3 is 0 Å². The predicted molar refractivity (Wildman–Crippen MR) is 115 cm³/mol. The van der Waals surface area contributed by atoms with Crippen LogP contribution in [0.2, 0.25) is 0 Å². The molecule has 5 aromatic rings. The lowest BCUT2D eigenvalue weighted by atomic mass is 10.0. The molecule has 1 saturated carbocycles. The first-order valence-electron chi connectivity index (χ1n) is 9.93. The van der Waals surface area contributed by atoms with E-state index in [4.69, 9.17) is 0 Å². The number of aromatic nitrogens is 6. The van der Waals surface area contributed by atoms with Gasteiger partial charge in [0.25, 0.3) is 0 Å². The number of rotatable bonds is 5. The standard InChI is InChI=1S/C22H19N7O/c30-22(12-1-2-12)25-15-7-14(9-24-10-15)13-3-4-17-16(8-13)20(29-28-17)21-26-18-5-6-23-11-19(18)27-21/h3-12,22,25,30H,1-2H2,(H,26,27)(H,28,29). The van der Waals surface area contributed by atoms with Crippen molar-refractivity contribution in [2.75, 3.05) is 5.32 Å². The van der Waals surface area contributed by atoms with Gasteiger partial charge in [0.1, 0.15) is 11.9 Å². The number of hydrogen-bond donors (Lipinski definition) is 4. The Hall–Kier alpha value is -3.78. The molecule has 0 bridgehead atoms. The van der Waals surface area contributed by atoms with Gasteiger partial charge in [0.05, 0.1) is 34.6 Å². The minimum atomic E-state index is -0.521. The molecule has 4 heterocycles. The van der Waals surface area contributed by atoms with Crippen molar-refractivity contribution in [1.29, 1.82) is 0 Å². The van der Waals surface area contributed by atoms with Gasteiger partial charge in [0.15, 0.2) is 5.82 Å². The van der Waals surface area contributed by atoms with E-state index in [1.165, 1.54) is 0 Å². The molecule has 30 heavy (non-hydrogen) atoms. The van der Waals surface area contributed by atoms with Crippen LogP contribution in [0.5, 0.6) is 0 Å². The Bertz CT molecular complexity index is 1340. The van der Waals surface area contributed by atoms with Crippen LogP contribution in [0.1, 0.15) is 12.8 Å². The summed E-state index contributed by atoms with van der Waals surface area (Å²) in [5.74, 6) is 1.04. The number of imidazole rings is 1. The van der Waals surface area contributed by atoms with Gasteiger partial charge in [-0.1, -0.05) is 6.07 Å². The SMILES string of the molecule is OC(Nc1cncc(-c2ccc3[nH]nc(-c4nc5ccncc5[nH]4)c3c2)c1)C1CC1. The number of aromatic amines is 2. The number of H-pyrrole nitrogens is 2. The second-order valence-corrected chi connectivity index (χ2v) is 7.70. The number of benzene rings is 1. The molecule has 0 spiro atoms. The fourth-order valence-electron chi connectivity index (χ4n) is 3.72. The van der Waals surface area contributed by atoms with Gasteiger partial charge in [0, 0.05) is 29.3 Å². The number of aliphatic hydroxyl groups is 1. The molecule has 1 aliphatic carbocycles. The molecule has 1 fully saturated rings. The van der Waals surface area contributed by atoms with Crippen molar-refractivity contribution in [2.24, 2.45) is 5.92 Å². The Labute approximate surface area is 171 Å². The van der Waals surface area contributed by atoms with Crippen LogP contribution in [0.25, 0.3) is 44.6 Å². The molecule has 4 N–H and O–H groups in total. The Morgan fingerprint density at radius 3 is 2.80 bits per heavy atom.